The summed E-state index contributed by atoms with van der Waals surface area (Å²) < 4.78 is 20.6. The molecule has 2 aromatic heterocycles. The molecule has 0 atom stereocenters. The van der Waals surface area contributed by atoms with Gasteiger partial charge in [-0.05, 0) is 44.2 Å². The molecule has 23 heavy (non-hydrogen) atoms. The van der Waals surface area contributed by atoms with Crippen LogP contribution in [0.15, 0.2) is 47.2 Å². The second-order valence-corrected chi connectivity index (χ2v) is 5.28. The molecule has 0 saturated heterocycles. The second-order valence-electron chi connectivity index (χ2n) is 5.28. The number of nitrogens with zero attached hydrogens (tertiary/aromatic N) is 2. The zero-order valence-corrected chi connectivity index (χ0v) is 12.8. The Morgan fingerprint density at radius 1 is 1.30 bits per heavy atom. The first kappa shape index (κ1) is 15.0. The lowest BCUT2D eigenvalue weighted by atomic mass is 10.1. The van der Waals surface area contributed by atoms with Gasteiger partial charge in [0.25, 0.3) is 0 Å². The third kappa shape index (κ3) is 3.15. The van der Waals surface area contributed by atoms with Crippen LogP contribution in [0.1, 0.15) is 17.0 Å². The van der Waals surface area contributed by atoms with Gasteiger partial charge in [-0.25, -0.2) is 4.39 Å². The quantitative estimate of drug-likeness (QED) is 0.803. The molecule has 1 N–H and O–H groups in total. The van der Waals surface area contributed by atoms with E-state index in [1.54, 1.807) is 36.9 Å². The van der Waals surface area contributed by atoms with E-state index in [2.05, 4.69) is 10.5 Å². The van der Waals surface area contributed by atoms with E-state index in [-0.39, 0.29) is 18.1 Å². The van der Waals surface area contributed by atoms with E-state index in [9.17, 15) is 9.18 Å². The van der Waals surface area contributed by atoms with Crippen LogP contribution in [-0.4, -0.2) is 15.6 Å². The second kappa shape index (κ2) is 6.08. The first-order chi connectivity index (χ1) is 11.0. The highest BCUT2D eigenvalue weighted by atomic mass is 19.1. The Kier molecular flexibility index (Phi) is 3.97. The molecular formula is C17H16FN3O2. The number of carbonyl (C=O) groups excluding carboxylic acids is 1. The summed E-state index contributed by atoms with van der Waals surface area (Å²) in [7, 11) is 0. The summed E-state index contributed by atoms with van der Waals surface area (Å²) in [5.74, 6) is 0.0687. The van der Waals surface area contributed by atoms with Gasteiger partial charge in [0.2, 0.25) is 5.91 Å². The van der Waals surface area contributed by atoms with E-state index >= 15 is 0 Å². The monoisotopic (exact) mass is 313 g/mol. The van der Waals surface area contributed by atoms with Crippen molar-refractivity contribution in [1.29, 1.82) is 0 Å². The molecule has 0 bridgehead atoms. The van der Waals surface area contributed by atoms with Crippen LogP contribution >= 0.6 is 0 Å². The van der Waals surface area contributed by atoms with Crippen molar-refractivity contribution in [2.75, 3.05) is 5.32 Å². The minimum atomic E-state index is -0.357. The van der Waals surface area contributed by atoms with Crippen LogP contribution < -0.4 is 5.32 Å². The number of anilines is 1. The van der Waals surface area contributed by atoms with Crippen molar-refractivity contribution in [3.8, 4) is 5.69 Å². The zero-order valence-electron chi connectivity index (χ0n) is 12.8. The molecule has 1 aromatic carbocycles. The molecule has 1 amide bonds. The van der Waals surface area contributed by atoms with E-state index in [0.717, 1.165) is 5.56 Å². The minimum absolute atomic E-state index is 0.164. The molecule has 0 unspecified atom stereocenters. The number of aryl methyl sites for hydroxylation is 2. The predicted octanol–water partition coefficient (Wildman–Crippen LogP) is 3.40. The van der Waals surface area contributed by atoms with Crippen LogP contribution in [0.4, 0.5) is 10.1 Å². The highest BCUT2D eigenvalue weighted by Crippen LogP contribution is 2.20. The number of halogens is 1. The molecule has 118 valence electrons. The Bertz CT molecular complexity index is 818. The van der Waals surface area contributed by atoms with Gasteiger partial charge < -0.3 is 14.4 Å². The van der Waals surface area contributed by atoms with Crippen LogP contribution in [0.25, 0.3) is 5.69 Å². The summed E-state index contributed by atoms with van der Waals surface area (Å²) >= 11 is 0. The van der Waals surface area contributed by atoms with Crippen molar-refractivity contribution >= 4 is 11.6 Å². The van der Waals surface area contributed by atoms with Gasteiger partial charge in [-0.3, -0.25) is 4.79 Å². The average Bonchev–Trinajstić information content (AvgIpc) is 3.15. The fourth-order valence-corrected chi connectivity index (χ4v) is 2.40. The SMILES string of the molecule is Cc1noc(C)c1CC(=O)Nc1ccc(F)c(-n2cccc2)c1. The summed E-state index contributed by atoms with van der Waals surface area (Å²) in [6.07, 6.45) is 3.65. The van der Waals surface area contributed by atoms with Crippen molar-refractivity contribution in [1.82, 2.24) is 9.72 Å². The number of carbonyl (C=O) groups is 1. The highest BCUT2D eigenvalue weighted by Gasteiger charge is 2.14. The lowest BCUT2D eigenvalue weighted by Crippen LogP contribution is -2.15. The third-order valence-corrected chi connectivity index (χ3v) is 3.63. The summed E-state index contributed by atoms with van der Waals surface area (Å²) in [4.78, 5) is 12.2. The number of hydrogen-bond acceptors (Lipinski definition) is 3. The summed E-state index contributed by atoms with van der Waals surface area (Å²) in [5.41, 5.74) is 2.39. The first-order valence-corrected chi connectivity index (χ1v) is 7.19. The smallest absolute Gasteiger partial charge is 0.229 e. The predicted molar refractivity (Wildman–Crippen MR) is 84.0 cm³/mol. The number of nitrogens with one attached hydrogen (secondary N) is 1. The number of hydrogen-bond donors (Lipinski definition) is 1. The van der Waals surface area contributed by atoms with Crippen molar-refractivity contribution in [3.05, 3.63) is 65.6 Å². The number of amides is 1. The van der Waals surface area contributed by atoms with E-state index < -0.39 is 0 Å². The van der Waals surface area contributed by atoms with E-state index in [4.69, 9.17) is 4.52 Å². The number of aromatic nitrogens is 2. The van der Waals surface area contributed by atoms with Crippen molar-refractivity contribution in [3.63, 3.8) is 0 Å². The molecule has 0 spiro atoms. The first-order valence-electron chi connectivity index (χ1n) is 7.19. The molecule has 6 heteroatoms. The van der Waals surface area contributed by atoms with Gasteiger partial charge in [-0.15, -0.1) is 0 Å². The van der Waals surface area contributed by atoms with Crippen molar-refractivity contribution < 1.29 is 13.7 Å². The van der Waals surface area contributed by atoms with Crippen LogP contribution in [0.5, 0.6) is 0 Å². The van der Waals surface area contributed by atoms with Crippen molar-refractivity contribution in [2.45, 2.75) is 20.3 Å². The molecule has 2 heterocycles. The molecule has 0 aliphatic carbocycles. The summed E-state index contributed by atoms with van der Waals surface area (Å²) in [5, 5.41) is 6.60. The Morgan fingerprint density at radius 3 is 2.70 bits per heavy atom. The van der Waals surface area contributed by atoms with Gasteiger partial charge in [0.05, 0.1) is 17.8 Å². The molecule has 3 rings (SSSR count). The minimum Gasteiger partial charge on any atom is -0.361 e. The molecule has 5 nitrogen and oxygen atoms in total. The molecule has 0 fully saturated rings. The average molecular weight is 313 g/mol. The van der Waals surface area contributed by atoms with Crippen LogP contribution in [0, 0.1) is 19.7 Å². The van der Waals surface area contributed by atoms with Crippen LogP contribution in [0.2, 0.25) is 0 Å². The molecule has 0 aliphatic heterocycles. The lowest BCUT2D eigenvalue weighted by molar-refractivity contribution is -0.115. The number of benzene rings is 1. The van der Waals surface area contributed by atoms with Gasteiger partial charge in [0.1, 0.15) is 11.6 Å². The van der Waals surface area contributed by atoms with Gasteiger partial charge in [-0.1, -0.05) is 5.16 Å². The maximum atomic E-state index is 13.9. The number of rotatable bonds is 4. The topological polar surface area (TPSA) is 60.1 Å². The normalized spacial score (nSPS) is 10.7. The highest BCUT2D eigenvalue weighted by molar-refractivity contribution is 5.92. The molecule has 3 aromatic rings. The largest absolute Gasteiger partial charge is 0.361 e. The molecular weight excluding hydrogens is 297 g/mol. The fourth-order valence-electron chi connectivity index (χ4n) is 2.40. The van der Waals surface area contributed by atoms with E-state index in [1.807, 2.05) is 12.1 Å². The van der Waals surface area contributed by atoms with Crippen LogP contribution in [-0.2, 0) is 11.2 Å². The van der Waals surface area contributed by atoms with E-state index in [1.165, 1.54) is 12.1 Å². The Morgan fingerprint density at radius 2 is 2.04 bits per heavy atom. The maximum absolute atomic E-state index is 13.9. The molecule has 0 aliphatic rings. The lowest BCUT2D eigenvalue weighted by Gasteiger charge is -2.09. The zero-order chi connectivity index (χ0) is 16.4. The molecule has 0 radical (unpaired) electrons. The Labute approximate surface area is 132 Å². The fraction of sp³-hybridized carbons (Fsp3) is 0.176. The Balaban J connectivity index is 1.78. The third-order valence-electron chi connectivity index (χ3n) is 3.63. The Hall–Kier alpha value is -2.89. The maximum Gasteiger partial charge on any atom is 0.229 e. The summed E-state index contributed by atoms with van der Waals surface area (Å²) in [6.45, 7) is 3.56. The van der Waals surface area contributed by atoms with Gasteiger partial charge >= 0.3 is 0 Å². The van der Waals surface area contributed by atoms with Gasteiger partial charge in [0.15, 0.2) is 0 Å². The molecule has 0 saturated carbocycles. The summed E-state index contributed by atoms with van der Waals surface area (Å²) in [6, 6.07) is 8.08. The van der Waals surface area contributed by atoms with E-state index in [0.29, 0.717) is 22.8 Å². The van der Waals surface area contributed by atoms with Crippen LogP contribution in [0.3, 0.4) is 0 Å². The van der Waals surface area contributed by atoms with Gasteiger partial charge in [-0.2, -0.15) is 0 Å². The van der Waals surface area contributed by atoms with Gasteiger partial charge in [0, 0.05) is 23.6 Å². The van der Waals surface area contributed by atoms with Crippen molar-refractivity contribution in [2.24, 2.45) is 0 Å². The standard InChI is InChI=1S/C17H16FN3O2/c1-11-14(12(2)23-20-11)10-17(22)19-13-5-6-15(18)16(9-13)21-7-3-4-8-21/h3-9H,10H2,1-2H3,(H,19,22).